The van der Waals surface area contributed by atoms with Crippen LogP contribution in [0.25, 0.3) is 11.1 Å². The molecule has 1 heteroatoms. The van der Waals surface area contributed by atoms with E-state index in [-0.39, 0.29) is 0 Å². The van der Waals surface area contributed by atoms with E-state index in [4.69, 9.17) is 0 Å². The topological polar surface area (TPSA) is 3.24 Å². The summed E-state index contributed by atoms with van der Waals surface area (Å²) in [5.74, 6) is 0. The van der Waals surface area contributed by atoms with Crippen molar-refractivity contribution in [3.8, 4) is 0 Å². The van der Waals surface area contributed by atoms with E-state index >= 15 is 0 Å². The molecule has 1 aliphatic rings. The van der Waals surface area contributed by atoms with Gasteiger partial charge in [0.25, 0.3) is 0 Å². The first kappa shape index (κ1) is 17.5. The third kappa shape index (κ3) is 3.38. The van der Waals surface area contributed by atoms with Crippen molar-refractivity contribution in [2.45, 2.75) is 6.92 Å². The average molecular weight is 337 g/mol. The lowest BCUT2D eigenvalue weighted by atomic mass is 9.97. The summed E-state index contributed by atoms with van der Waals surface area (Å²) in [5, 5.41) is 0. The fraction of sp³-hybridized carbons (Fsp3) is 0.0400. The highest BCUT2D eigenvalue weighted by molar-refractivity contribution is 5.87. The van der Waals surface area contributed by atoms with Crippen LogP contribution in [0.1, 0.15) is 16.7 Å². The van der Waals surface area contributed by atoms with Crippen molar-refractivity contribution in [1.29, 1.82) is 0 Å². The highest BCUT2D eigenvalue weighted by Gasteiger charge is 2.15. The van der Waals surface area contributed by atoms with Crippen molar-refractivity contribution in [3.63, 3.8) is 0 Å². The molecule has 26 heavy (non-hydrogen) atoms. The third-order valence-corrected chi connectivity index (χ3v) is 4.47. The zero-order chi connectivity index (χ0) is 18.5. The van der Waals surface area contributed by atoms with E-state index in [9.17, 15) is 0 Å². The Bertz CT molecular complexity index is 937. The quantitative estimate of drug-likeness (QED) is 0.544. The Balaban J connectivity index is 2.09. The van der Waals surface area contributed by atoms with E-state index in [2.05, 4.69) is 86.3 Å². The first-order valence-electron chi connectivity index (χ1n) is 8.64. The second kappa shape index (κ2) is 7.71. The summed E-state index contributed by atoms with van der Waals surface area (Å²) in [6, 6.07) is 14.8. The van der Waals surface area contributed by atoms with Crippen LogP contribution in [0.2, 0.25) is 0 Å². The van der Waals surface area contributed by atoms with Gasteiger partial charge in [0.05, 0.1) is 5.69 Å². The number of anilines is 2. The van der Waals surface area contributed by atoms with Crippen LogP contribution in [0.5, 0.6) is 0 Å². The first-order chi connectivity index (χ1) is 12.7. The number of benzene rings is 2. The van der Waals surface area contributed by atoms with Crippen LogP contribution >= 0.6 is 0 Å². The van der Waals surface area contributed by atoms with Gasteiger partial charge in [0.1, 0.15) is 0 Å². The van der Waals surface area contributed by atoms with Gasteiger partial charge in [-0.1, -0.05) is 74.4 Å². The lowest BCUT2D eigenvalue weighted by molar-refractivity contribution is 1.25. The molecule has 0 aliphatic carbocycles. The highest BCUT2D eigenvalue weighted by Crippen LogP contribution is 2.36. The van der Waals surface area contributed by atoms with Gasteiger partial charge in [0.2, 0.25) is 0 Å². The van der Waals surface area contributed by atoms with E-state index < -0.39 is 0 Å². The molecule has 0 spiro atoms. The van der Waals surface area contributed by atoms with Crippen LogP contribution in [0, 0.1) is 6.92 Å². The molecule has 0 saturated carbocycles. The summed E-state index contributed by atoms with van der Waals surface area (Å²) in [6.45, 7) is 14.0. The normalized spacial score (nSPS) is 16.3. The minimum Gasteiger partial charge on any atom is -0.317 e. The Labute approximate surface area is 156 Å². The number of hydrogen-bond donors (Lipinski definition) is 0. The zero-order valence-electron chi connectivity index (χ0n) is 15.2. The molecule has 0 fully saturated rings. The van der Waals surface area contributed by atoms with Crippen molar-refractivity contribution in [2.24, 2.45) is 0 Å². The van der Waals surface area contributed by atoms with Crippen molar-refractivity contribution in [2.75, 3.05) is 4.90 Å². The van der Waals surface area contributed by atoms with Gasteiger partial charge in [-0.15, -0.1) is 0 Å². The SMILES string of the molecule is C=CC=C(C=C)c1ccc(N2/C=C\C=C/C(=C)c3c(C)cccc32)cc1. The fourth-order valence-electron chi connectivity index (χ4n) is 3.19. The van der Waals surface area contributed by atoms with Gasteiger partial charge in [-0.3, -0.25) is 0 Å². The molecule has 1 nitrogen and oxygen atoms in total. The van der Waals surface area contributed by atoms with Gasteiger partial charge >= 0.3 is 0 Å². The fourth-order valence-corrected chi connectivity index (χ4v) is 3.19. The molecule has 1 heterocycles. The van der Waals surface area contributed by atoms with Crippen molar-refractivity contribution >= 4 is 22.5 Å². The van der Waals surface area contributed by atoms with Gasteiger partial charge in [-0.2, -0.15) is 0 Å². The van der Waals surface area contributed by atoms with E-state index in [0.717, 1.165) is 28.1 Å². The molecule has 0 radical (unpaired) electrons. The van der Waals surface area contributed by atoms with E-state index in [1.165, 1.54) is 11.1 Å². The number of hydrogen-bond acceptors (Lipinski definition) is 1. The van der Waals surface area contributed by atoms with Crippen molar-refractivity contribution < 1.29 is 0 Å². The number of aryl methyl sites for hydroxylation is 1. The predicted octanol–water partition coefficient (Wildman–Crippen LogP) is 6.99. The molecule has 2 aromatic rings. The molecule has 0 N–H and O–H groups in total. The second-order valence-corrected chi connectivity index (χ2v) is 6.17. The Hall–Kier alpha value is -3.32. The Morgan fingerprint density at radius 2 is 1.77 bits per heavy atom. The van der Waals surface area contributed by atoms with Gasteiger partial charge in [-0.05, 0) is 53.5 Å². The third-order valence-electron chi connectivity index (χ3n) is 4.47. The predicted molar refractivity (Wildman–Crippen MR) is 115 cm³/mol. The van der Waals surface area contributed by atoms with Crippen LogP contribution < -0.4 is 4.90 Å². The molecule has 3 rings (SSSR count). The summed E-state index contributed by atoms with van der Waals surface area (Å²) in [6.07, 6.45) is 13.8. The van der Waals surface area contributed by atoms with Crippen molar-refractivity contribution in [1.82, 2.24) is 0 Å². The molecule has 0 bridgehead atoms. The minimum absolute atomic E-state index is 1.02. The first-order valence-corrected chi connectivity index (χ1v) is 8.64. The molecular formula is C25H23N. The van der Waals surface area contributed by atoms with E-state index in [1.807, 2.05) is 24.3 Å². The summed E-state index contributed by atoms with van der Waals surface area (Å²) in [7, 11) is 0. The van der Waals surface area contributed by atoms with Crippen LogP contribution in [0.4, 0.5) is 11.4 Å². The minimum atomic E-state index is 1.02. The molecule has 0 unspecified atom stereocenters. The molecule has 1 aliphatic heterocycles. The summed E-state index contributed by atoms with van der Waals surface area (Å²) in [5.41, 5.74) is 7.83. The van der Waals surface area contributed by atoms with Crippen LogP contribution in [0.15, 0.2) is 105 Å². The summed E-state index contributed by atoms with van der Waals surface area (Å²) < 4.78 is 0. The van der Waals surface area contributed by atoms with Crippen LogP contribution in [-0.4, -0.2) is 0 Å². The average Bonchev–Trinajstić information content (AvgIpc) is 2.64. The molecule has 2 aromatic carbocycles. The number of allylic oxidation sites excluding steroid dienone is 8. The molecule has 0 atom stereocenters. The Morgan fingerprint density at radius 1 is 1.00 bits per heavy atom. The highest BCUT2D eigenvalue weighted by atomic mass is 15.1. The van der Waals surface area contributed by atoms with Gasteiger partial charge in [-0.25, -0.2) is 0 Å². The lowest BCUT2D eigenvalue weighted by Crippen LogP contribution is -2.12. The maximum atomic E-state index is 4.24. The number of nitrogens with zero attached hydrogens (tertiary/aromatic N) is 1. The van der Waals surface area contributed by atoms with E-state index in [1.54, 1.807) is 6.08 Å². The Kier molecular flexibility index (Phi) is 5.19. The standard InChI is InChI=1S/C25H23N/c1-5-10-21(6-2)22-14-16-23(17-15-22)26-18-8-7-11-19(3)25-20(4)12-9-13-24(25)26/h5-18H,1-3H2,4H3/b11-7-,18-8-,21-10?. The smallest absolute Gasteiger partial charge is 0.0536 e. The van der Waals surface area contributed by atoms with Crippen LogP contribution in [0.3, 0.4) is 0 Å². The molecule has 0 amide bonds. The largest absolute Gasteiger partial charge is 0.317 e. The van der Waals surface area contributed by atoms with Crippen LogP contribution in [-0.2, 0) is 0 Å². The maximum absolute atomic E-state index is 4.24. The van der Waals surface area contributed by atoms with Gasteiger partial charge in [0.15, 0.2) is 0 Å². The Morgan fingerprint density at radius 3 is 2.46 bits per heavy atom. The maximum Gasteiger partial charge on any atom is 0.0536 e. The second-order valence-electron chi connectivity index (χ2n) is 6.17. The molecular weight excluding hydrogens is 314 g/mol. The molecule has 0 aromatic heterocycles. The summed E-state index contributed by atoms with van der Waals surface area (Å²) in [4.78, 5) is 2.20. The summed E-state index contributed by atoms with van der Waals surface area (Å²) >= 11 is 0. The number of rotatable bonds is 4. The van der Waals surface area contributed by atoms with E-state index in [0.29, 0.717) is 0 Å². The van der Waals surface area contributed by atoms with Gasteiger partial charge in [0, 0.05) is 17.5 Å². The van der Waals surface area contributed by atoms with Gasteiger partial charge < -0.3 is 4.90 Å². The monoisotopic (exact) mass is 337 g/mol. The molecule has 0 saturated heterocycles. The van der Waals surface area contributed by atoms with Crippen molar-refractivity contribution in [3.05, 3.63) is 122 Å². The zero-order valence-corrected chi connectivity index (χ0v) is 15.2. The number of fused-ring (bicyclic) bond motifs is 1. The lowest BCUT2D eigenvalue weighted by Gasteiger charge is -2.26. The molecule has 128 valence electrons.